The van der Waals surface area contributed by atoms with Gasteiger partial charge >= 0.3 is 0 Å². The van der Waals surface area contributed by atoms with Gasteiger partial charge in [-0.05, 0) is 43.0 Å². The number of nitrogens with two attached hydrogens (primary N) is 1. The van der Waals surface area contributed by atoms with Crippen LogP contribution in [0.4, 0.5) is 5.82 Å². The van der Waals surface area contributed by atoms with Gasteiger partial charge in [-0.25, -0.2) is 9.97 Å². The molecule has 3 rings (SSSR count). The predicted octanol–water partition coefficient (Wildman–Crippen LogP) is 3.58. The molecule has 0 amide bonds. The van der Waals surface area contributed by atoms with Crippen LogP contribution < -0.4 is 10.5 Å². The van der Waals surface area contributed by atoms with Crippen molar-refractivity contribution in [1.82, 2.24) is 9.97 Å². The summed E-state index contributed by atoms with van der Waals surface area (Å²) in [5.41, 5.74) is 7.67. The monoisotopic (exact) mass is 301 g/mol. The molecule has 0 saturated heterocycles. The van der Waals surface area contributed by atoms with E-state index in [0.717, 1.165) is 21.9 Å². The Balaban J connectivity index is 1.80. The highest BCUT2D eigenvalue weighted by Crippen LogP contribution is 2.30. The first-order chi connectivity index (χ1) is 10.1. The molecule has 0 saturated carbocycles. The molecule has 108 valence electrons. The van der Waals surface area contributed by atoms with E-state index >= 15 is 0 Å². The lowest BCUT2D eigenvalue weighted by Crippen LogP contribution is -2.01. The Kier molecular flexibility index (Phi) is 3.62. The van der Waals surface area contributed by atoms with Gasteiger partial charge in [0.25, 0.3) is 0 Å². The van der Waals surface area contributed by atoms with Crippen LogP contribution in [0, 0.1) is 13.8 Å². The van der Waals surface area contributed by atoms with Crippen molar-refractivity contribution in [2.24, 2.45) is 0 Å². The Labute approximate surface area is 126 Å². The van der Waals surface area contributed by atoms with Gasteiger partial charge in [0.05, 0.1) is 4.88 Å². The minimum atomic E-state index is 0.301. The largest absolute Gasteiger partial charge is 0.483 e. The van der Waals surface area contributed by atoms with E-state index in [-0.39, 0.29) is 0 Å². The van der Waals surface area contributed by atoms with Crippen LogP contribution in [0.2, 0.25) is 0 Å². The van der Waals surface area contributed by atoms with Gasteiger partial charge in [-0.2, -0.15) is 0 Å². The van der Waals surface area contributed by atoms with Crippen LogP contribution in [0.1, 0.15) is 17.0 Å². The van der Waals surface area contributed by atoms with Gasteiger partial charge in [0.1, 0.15) is 18.1 Å². The number of pyridine rings is 1. The van der Waals surface area contributed by atoms with Crippen LogP contribution in [0.25, 0.3) is 10.8 Å². The highest BCUT2D eigenvalue weighted by atomic mass is 32.1. The molecule has 0 aliphatic rings. The summed E-state index contributed by atoms with van der Waals surface area (Å²) < 4.78 is 11.4. The number of anilines is 1. The molecule has 5 nitrogen and oxygen atoms in total. The van der Waals surface area contributed by atoms with E-state index in [9.17, 15) is 0 Å². The Morgan fingerprint density at radius 3 is 2.90 bits per heavy atom. The van der Waals surface area contributed by atoms with Crippen LogP contribution in [0.3, 0.4) is 0 Å². The number of nitrogen functional groups attached to an aromatic ring is 1. The molecule has 0 spiro atoms. The maximum Gasteiger partial charge on any atom is 0.237 e. The van der Waals surface area contributed by atoms with Gasteiger partial charge in [-0.3, -0.25) is 0 Å². The molecule has 0 unspecified atom stereocenters. The summed E-state index contributed by atoms with van der Waals surface area (Å²) in [5, 5.41) is 2.02. The van der Waals surface area contributed by atoms with Gasteiger partial charge in [-0.15, -0.1) is 11.3 Å². The van der Waals surface area contributed by atoms with Crippen molar-refractivity contribution in [3.63, 3.8) is 0 Å². The van der Waals surface area contributed by atoms with Gasteiger partial charge < -0.3 is 14.9 Å². The zero-order valence-corrected chi connectivity index (χ0v) is 12.6. The van der Waals surface area contributed by atoms with Crippen molar-refractivity contribution in [2.45, 2.75) is 20.5 Å². The van der Waals surface area contributed by atoms with Crippen molar-refractivity contribution in [2.75, 3.05) is 5.73 Å². The van der Waals surface area contributed by atoms with Crippen molar-refractivity contribution in [3.8, 4) is 16.5 Å². The fourth-order valence-corrected chi connectivity index (χ4v) is 2.77. The number of oxazole rings is 1. The zero-order chi connectivity index (χ0) is 14.8. The Morgan fingerprint density at radius 1 is 1.33 bits per heavy atom. The maximum atomic E-state index is 5.75. The standard InChI is InChI=1S/C15H15N3O2S/c1-9-5-7-21-13(9)15-18-11(10(2)20-15)8-19-12-4-3-6-17-14(12)16/h3-7H,8H2,1-2H3,(H2,16,17). The number of aryl methyl sites for hydroxylation is 2. The number of hydrogen-bond donors (Lipinski definition) is 1. The molecule has 3 aromatic heterocycles. The summed E-state index contributed by atoms with van der Waals surface area (Å²) in [4.78, 5) is 9.54. The second kappa shape index (κ2) is 5.57. The molecular formula is C15H15N3O2S. The van der Waals surface area contributed by atoms with E-state index in [1.165, 1.54) is 0 Å². The number of ether oxygens (including phenoxy) is 1. The van der Waals surface area contributed by atoms with Gasteiger partial charge in [0, 0.05) is 6.20 Å². The van der Waals surface area contributed by atoms with Gasteiger partial charge in [0.2, 0.25) is 5.89 Å². The van der Waals surface area contributed by atoms with Crippen LogP contribution in [-0.4, -0.2) is 9.97 Å². The molecule has 3 heterocycles. The van der Waals surface area contributed by atoms with Crippen LogP contribution >= 0.6 is 11.3 Å². The first-order valence-electron chi connectivity index (χ1n) is 6.49. The van der Waals surface area contributed by atoms with Gasteiger partial charge in [0.15, 0.2) is 11.6 Å². The molecule has 2 N–H and O–H groups in total. The summed E-state index contributed by atoms with van der Waals surface area (Å²) >= 11 is 1.61. The Bertz CT molecular complexity index is 764. The molecule has 6 heteroatoms. The first-order valence-corrected chi connectivity index (χ1v) is 7.37. The second-order valence-electron chi connectivity index (χ2n) is 4.63. The van der Waals surface area contributed by atoms with E-state index < -0.39 is 0 Å². The van der Waals surface area contributed by atoms with E-state index in [2.05, 4.69) is 9.97 Å². The highest BCUT2D eigenvalue weighted by molar-refractivity contribution is 7.13. The number of hydrogen-bond acceptors (Lipinski definition) is 6. The van der Waals surface area contributed by atoms with Crippen LogP contribution in [0.5, 0.6) is 5.75 Å². The molecule has 0 aromatic carbocycles. The summed E-state index contributed by atoms with van der Waals surface area (Å²) in [5.74, 6) is 2.31. The third-order valence-electron chi connectivity index (χ3n) is 3.11. The van der Waals surface area contributed by atoms with Crippen molar-refractivity contribution < 1.29 is 9.15 Å². The van der Waals surface area contributed by atoms with E-state index in [4.69, 9.17) is 14.9 Å². The normalized spacial score (nSPS) is 10.8. The molecule has 0 radical (unpaired) electrons. The molecule has 0 bridgehead atoms. The molecule has 0 fully saturated rings. The van der Waals surface area contributed by atoms with E-state index in [1.54, 1.807) is 29.7 Å². The third-order valence-corrected chi connectivity index (χ3v) is 4.12. The average molecular weight is 301 g/mol. The SMILES string of the molecule is Cc1ccsc1-c1nc(COc2cccnc2N)c(C)o1. The topological polar surface area (TPSA) is 74.2 Å². The number of aromatic nitrogens is 2. The van der Waals surface area contributed by atoms with Crippen molar-refractivity contribution in [3.05, 3.63) is 46.8 Å². The van der Waals surface area contributed by atoms with Crippen LogP contribution in [-0.2, 0) is 6.61 Å². The summed E-state index contributed by atoms with van der Waals surface area (Å²) in [7, 11) is 0. The lowest BCUT2D eigenvalue weighted by Gasteiger charge is -2.05. The molecule has 0 aliphatic heterocycles. The molecule has 3 aromatic rings. The first kappa shape index (κ1) is 13.6. The summed E-state index contributed by atoms with van der Waals surface area (Å²) in [6.07, 6.45) is 1.63. The zero-order valence-electron chi connectivity index (χ0n) is 11.8. The number of nitrogens with zero attached hydrogens (tertiary/aromatic N) is 2. The quantitative estimate of drug-likeness (QED) is 0.797. The number of rotatable bonds is 4. The highest BCUT2D eigenvalue weighted by Gasteiger charge is 2.15. The molecule has 0 atom stereocenters. The molecular weight excluding hydrogens is 286 g/mol. The smallest absolute Gasteiger partial charge is 0.237 e. The predicted molar refractivity (Wildman–Crippen MR) is 82.3 cm³/mol. The summed E-state index contributed by atoms with van der Waals surface area (Å²) in [6, 6.07) is 5.61. The van der Waals surface area contributed by atoms with E-state index in [0.29, 0.717) is 24.1 Å². The Hall–Kier alpha value is -2.34. The molecule has 21 heavy (non-hydrogen) atoms. The lowest BCUT2D eigenvalue weighted by atomic mass is 10.3. The maximum absolute atomic E-state index is 5.75. The Morgan fingerprint density at radius 2 is 2.19 bits per heavy atom. The van der Waals surface area contributed by atoms with Crippen molar-refractivity contribution >= 4 is 17.2 Å². The fourth-order valence-electron chi connectivity index (χ4n) is 1.92. The van der Waals surface area contributed by atoms with E-state index in [1.807, 2.05) is 25.3 Å². The average Bonchev–Trinajstić information content (AvgIpc) is 3.04. The summed E-state index contributed by atoms with van der Waals surface area (Å²) in [6.45, 7) is 4.22. The minimum Gasteiger partial charge on any atom is -0.483 e. The molecule has 0 aliphatic carbocycles. The lowest BCUT2D eigenvalue weighted by molar-refractivity contribution is 0.300. The van der Waals surface area contributed by atoms with Crippen LogP contribution in [0.15, 0.2) is 34.2 Å². The fraction of sp³-hybridized carbons (Fsp3) is 0.200. The van der Waals surface area contributed by atoms with Gasteiger partial charge in [-0.1, -0.05) is 0 Å². The minimum absolute atomic E-state index is 0.301. The van der Waals surface area contributed by atoms with Crippen molar-refractivity contribution in [1.29, 1.82) is 0 Å². The number of thiophene rings is 1. The second-order valence-corrected chi connectivity index (χ2v) is 5.55. The third kappa shape index (κ3) is 2.75.